The molecular formula is C16H18N5O3. The number of aromatic nitrogens is 4. The van der Waals surface area contributed by atoms with Crippen molar-refractivity contribution in [1.82, 2.24) is 19.5 Å². The number of nitrogens with zero attached hydrogens (tertiary/aromatic N) is 3. The predicted molar refractivity (Wildman–Crippen MR) is 88.9 cm³/mol. The van der Waals surface area contributed by atoms with Crippen LogP contribution in [0.5, 0.6) is 0 Å². The van der Waals surface area contributed by atoms with Crippen molar-refractivity contribution in [2.75, 3.05) is 12.3 Å². The van der Waals surface area contributed by atoms with Gasteiger partial charge in [-0.1, -0.05) is 30.3 Å². The molecule has 0 aliphatic carbocycles. The van der Waals surface area contributed by atoms with Gasteiger partial charge in [-0.15, -0.1) is 0 Å². The highest BCUT2D eigenvalue weighted by Gasteiger charge is 2.10. The Labute approximate surface area is 138 Å². The second-order valence-electron chi connectivity index (χ2n) is 5.26. The number of ether oxygens (including phenoxy) is 2. The first-order valence-corrected chi connectivity index (χ1v) is 7.40. The zero-order valence-corrected chi connectivity index (χ0v) is 13.0. The maximum absolute atomic E-state index is 11.7. The summed E-state index contributed by atoms with van der Waals surface area (Å²) in [5.41, 5.74) is 6.84. The van der Waals surface area contributed by atoms with Gasteiger partial charge in [0.2, 0.25) is 5.95 Å². The number of nitrogens with two attached hydrogens (primary N) is 1. The largest absolute Gasteiger partial charge is 0.374 e. The molecule has 8 nitrogen and oxygen atoms in total. The Morgan fingerprint density at radius 3 is 2.92 bits per heavy atom. The molecule has 24 heavy (non-hydrogen) atoms. The van der Waals surface area contributed by atoms with Crippen LogP contribution >= 0.6 is 0 Å². The second-order valence-corrected chi connectivity index (χ2v) is 5.26. The molecule has 0 spiro atoms. The van der Waals surface area contributed by atoms with Gasteiger partial charge in [0.15, 0.2) is 11.2 Å². The number of aromatic amines is 1. The van der Waals surface area contributed by atoms with Gasteiger partial charge in [-0.2, -0.15) is 4.98 Å². The highest BCUT2D eigenvalue weighted by molar-refractivity contribution is 5.70. The molecule has 1 radical (unpaired) electrons. The molecule has 0 unspecified atom stereocenters. The first-order chi connectivity index (χ1) is 11.6. The minimum atomic E-state index is -0.381. The second kappa shape index (κ2) is 7.24. The third-order valence-electron chi connectivity index (χ3n) is 3.36. The van der Waals surface area contributed by atoms with Crippen molar-refractivity contribution in [2.45, 2.75) is 19.4 Å². The number of H-pyrrole nitrogens is 1. The van der Waals surface area contributed by atoms with Gasteiger partial charge in [-0.25, -0.2) is 4.98 Å². The van der Waals surface area contributed by atoms with Gasteiger partial charge in [0, 0.05) is 0 Å². The van der Waals surface area contributed by atoms with Crippen LogP contribution in [-0.2, 0) is 22.8 Å². The number of nitrogen functional groups attached to an aromatic ring is 1. The number of imidazole rings is 1. The zero-order valence-electron chi connectivity index (χ0n) is 13.0. The Balaban J connectivity index is 1.53. The van der Waals surface area contributed by atoms with Crippen molar-refractivity contribution in [3.63, 3.8) is 0 Å². The van der Waals surface area contributed by atoms with Gasteiger partial charge in [0.1, 0.15) is 6.73 Å². The quantitative estimate of drug-likeness (QED) is 0.672. The molecule has 3 aromatic rings. The van der Waals surface area contributed by atoms with Crippen LogP contribution in [0.15, 0.2) is 41.5 Å². The number of hydrogen-bond donors (Lipinski definition) is 2. The Morgan fingerprint density at radius 1 is 1.33 bits per heavy atom. The van der Waals surface area contributed by atoms with E-state index in [2.05, 4.69) is 21.9 Å². The fourth-order valence-electron chi connectivity index (χ4n) is 2.18. The Kier molecular flexibility index (Phi) is 4.88. The molecule has 0 amide bonds. The molecule has 3 rings (SSSR count). The van der Waals surface area contributed by atoms with E-state index in [1.165, 1.54) is 6.33 Å². The number of rotatable bonds is 7. The first kappa shape index (κ1) is 16.2. The number of anilines is 1. The predicted octanol–water partition coefficient (Wildman–Crippen LogP) is 1.10. The van der Waals surface area contributed by atoms with E-state index in [0.29, 0.717) is 18.9 Å². The van der Waals surface area contributed by atoms with E-state index in [-0.39, 0.29) is 29.9 Å². The molecule has 0 bridgehead atoms. The average Bonchev–Trinajstić information content (AvgIpc) is 2.97. The Morgan fingerprint density at radius 2 is 2.12 bits per heavy atom. The molecule has 0 aliphatic heterocycles. The molecule has 0 fully saturated rings. The third-order valence-corrected chi connectivity index (χ3v) is 3.36. The zero-order chi connectivity index (χ0) is 16.9. The van der Waals surface area contributed by atoms with Crippen molar-refractivity contribution in [1.29, 1.82) is 0 Å². The summed E-state index contributed by atoms with van der Waals surface area (Å²) in [6.45, 7) is 4.88. The molecule has 0 saturated heterocycles. The molecule has 0 aliphatic rings. The van der Waals surface area contributed by atoms with E-state index in [0.717, 1.165) is 5.56 Å². The summed E-state index contributed by atoms with van der Waals surface area (Å²) in [6, 6.07) is 9.86. The SMILES string of the molecule is [CH2][C@H](COCc1ccccc1)OCn1cnc2c(=O)[nH]c(N)nc21. The summed E-state index contributed by atoms with van der Waals surface area (Å²) in [5, 5.41) is 0. The molecule has 3 N–H and O–H groups in total. The lowest BCUT2D eigenvalue weighted by molar-refractivity contribution is -0.0257. The summed E-state index contributed by atoms with van der Waals surface area (Å²) < 4.78 is 12.8. The van der Waals surface area contributed by atoms with Crippen molar-refractivity contribution >= 4 is 17.1 Å². The highest BCUT2D eigenvalue weighted by Crippen LogP contribution is 2.08. The van der Waals surface area contributed by atoms with Crippen molar-refractivity contribution in [3.05, 3.63) is 59.5 Å². The van der Waals surface area contributed by atoms with Gasteiger partial charge < -0.3 is 15.2 Å². The van der Waals surface area contributed by atoms with Crippen LogP contribution in [0.3, 0.4) is 0 Å². The van der Waals surface area contributed by atoms with Crippen molar-refractivity contribution in [3.8, 4) is 0 Å². The molecule has 1 aromatic carbocycles. The number of fused-ring (bicyclic) bond motifs is 1. The summed E-state index contributed by atoms with van der Waals surface area (Å²) in [5.74, 6) is 0.0339. The fraction of sp³-hybridized carbons (Fsp3) is 0.250. The van der Waals surface area contributed by atoms with E-state index in [9.17, 15) is 4.79 Å². The van der Waals surface area contributed by atoms with Crippen LogP contribution in [0.1, 0.15) is 5.56 Å². The number of nitrogens with one attached hydrogen (secondary N) is 1. The highest BCUT2D eigenvalue weighted by atomic mass is 16.5. The smallest absolute Gasteiger partial charge is 0.280 e. The van der Waals surface area contributed by atoms with E-state index >= 15 is 0 Å². The molecule has 2 aromatic heterocycles. The molecule has 0 saturated carbocycles. The van der Waals surface area contributed by atoms with E-state index in [4.69, 9.17) is 15.2 Å². The van der Waals surface area contributed by atoms with Gasteiger partial charge in [-0.05, 0) is 12.5 Å². The van der Waals surface area contributed by atoms with Gasteiger partial charge >= 0.3 is 0 Å². The minimum absolute atomic E-state index is 0.0339. The van der Waals surface area contributed by atoms with Gasteiger partial charge in [0.05, 0.1) is 25.6 Å². The average molecular weight is 328 g/mol. The molecule has 8 heteroatoms. The molecule has 2 heterocycles. The summed E-state index contributed by atoms with van der Waals surface area (Å²) in [6.07, 6.45) is 1.11. The topological polar surface area (TPSA) is 108 Å². The normalized spacial score (nSPS) is 12.5. The van der Waals surface area contributed by atoms with Crippen LogP contribution < -0.4 is 11.3 Å². The van der Waals surface area contributed by atoms with Crippen LogP contribution in [0.25, 0.3) is 11.2 Å². The number of benzene rings is 1. The monoisotopic (exact) mass is 328 g/mol. The molecular weight excluding hydrogens is 310 g/mol. The van der Waals surface area contributed by atoms with E-state index in [1.807, 2.05) is 30.3 Å². The lowest BCUT2D eigenvalue weighted by Crippen LogP contribution is -2.19. The summed E-state index contributed by atoms with van der Waals surface area (Å²) in [7, 11) is 0. The standard InChI is InChI=1S/C16H18N5O3/c1-11(7-23-8-12-5-3-2-4-6-12)24-10-21-9-18-13-14(21)19-16(17)20-15(13)22/h2-6,9,11H,1,7-8,10H2,(H3,17,19,20,22)/t11-/m1/s1. The summed E-state index contributed by atoms with van der Waals surface area (Å²) in [4.78, 5) is 22.2. The van der Waals surface area contributed by atoms with Gasteiger partial charge in [0.25, 0.3) is 5.56 Å². The maximum atomic E-state index is 11.7. The molecule has 1 atom stereocenters. The van der Waals surface area contributed by atoms with Crippen LogP contribution in [0, 0.1) is 6.92 Å². The van der Waals surface area contributed by atoms with Crippen LogP contribution in [0.2, 0.25) is 0 Å². The maximum Gasteiger partial charge on any atom is 0.280 e. The van der Waals surface area contributed by atoms with Crippen molar-refractivity contribution in [2.24, 2.45) is 0 Å². The van der Waals surface area contributed by atoms with Gasteiger partial charge in [-0.3, -0.25) is 14.3 Å². The summed E-state index contributed by atoms with van der Waals surface area (Å²) >= 11 is 0. The van der Waals surface area contributed by atoms with E-state index < -0.39 is 0 Å². The van der Waals surface area contributed by atoms with Crippen molar-refractivity contribution < 1.29 is 9.47 Å². The van der Waals surface area contributed by atoms with E-state index in [1.54, 1.807) is 4.57 Å². The first-order valence-electron chi connectivity index (χ1n) is 7.40. The lowest BCUT2D eigenvalue weighted by Gasteiger charge is -2.14. The Bertz CT molecular complexity index is 859. The minimum Gasteiger partial charge on any atom is -0.374 e. The van der Waals surface area contributed by atoms with Crippen LogP contribution in [0.4, 0.5) is 5.95 Å². The molecule has 125 valence electrons. The van der Waals surface area contributed by atoms with Crippen LogP contribution in [-0.4, -0.2) is 32.2 Å². The number of hydrogen-bond acceptors (Lipinski definition) is 6. The third kappa shape index (κ3) is 3.79. The Hall–Kier alpha value is -2.71. The fourth-order valence-corrected chi connectivity index (χ4v) is 2.18. The lowest BCUT2D eigenvalue weighted by atomic mass is 10.2.